The first-order valence-electron chi connectivity index (χ1n) is 6.48. The first kappa shape index (κ1) is 14.3. The Kier molecular flexibility index (Phi) is 4.13. The van der Waals surface area contributed by atoms with Crippen LogP contribution in [0.2, 0.25) is 0 Å². The predicted molar refractivity (Wildman–Crippen MR) is 62.4 cm³/mol. The van der Waals surface area contributed by atoms with Gasteiger partial charge >= 0.3 is 6.18 Å². The van der Waals surface area contributed by atoms with Gasteiger partial charge in [0.2, 0.25) is 5.89 Å². The molecule has 1 aromatic rings. The summed E-state index contributed by atoms with van der Waals surface area (Å²) in [5.74, 6) is -0.0959. The van der Waals surface area contributed by atoms with Gasteiger partial charge in [0, 0.05) is 12.5 Å². The summed E-state index contributed by atoms with van der Waals surface area (Å²) in [5.41, 5.74) is 0. The zero-order valence-corrected chi connectivity index (χ0v) is 11.1. The van der Waals surface area contributed by atoms with Crippen molar-refractivity contribution in [3.05, 3.63) is 11.7 Å². The maximum Gasteiger partial charge on any atom is 0.393 e. The topological polar surface area (TPSA) is 42.2 Å². The molecule has 7 heteroatoms. The lowest BCUT2D eigenvalue weighted by atomic mass is 9.97. The Hall–Kier alpha value is -1.11. The highest BCUT2D eigenvalue weighted by Crippen LogP contribution is 2.33. The number of nitrogens with zero attached hydrogens (tertiary/aromatic N) is 3. The molecular weight excluding hydrogens is 259 g/mol. The summed E-state index contributed by atoms with van der Waals surface area (Å²) >= 11 is 0. The highest BCUT2D eigenvalue weighted by atomic mass is 19.4. The van der Waals surface area contributed by atoms with E-state index in [4.69, 9.17) is 4.52 Å². The van der Waals surface area contributed by atoms with E-state index in [0.717, 1.165) is 0 Å². The summed E-state index contributed by atoms with van der Waals surface area (Å²) in [7, 11) is 0. The first-order valence-corrected chi connectivity index (χ1v) is 6.48. The van der Waals surface area contributed by atoms with Crippen LogP contribution in [0.25, 0.3) is 0 Å². The molecule has 0 amide bonds. The molecule has 1 unspecified atom stereocenters. The summed E-state index contributed by atoms with van der Waals surface area (Å²) in [4.78, 5) is 5.93. The smallest absolute Gasteiger partial charge is 0.338 e. The molecule has 0 radical (unpaired) electrons. The zero-order chi connectivity index (χ0) is 14.0. The molecule has 1 aliphatic rings. The number of alkyl halides is 3. The van der Waals surface area contributed by atoms with Crippen LogP contribution in [-0.2, 0) is 6.54 Å². The summed E-state index contributed by atoms with van der Waals surface area (Å²) in [6, 6.07) is 0. The summed E-state index contributed by atoms with van der Waals surface area (Å²) < 4.78 is 43.1. The monoisotopic (exact) mass is 277 g/mol. The molecule has 0 bridgehead atoms. The first-order chi connectivity index (χ1) is 8.86. The molecule has 0 aliphatic carbocycles. The van der Waals surface area contributed by atoms with Gasteiger partial charge in [-0.1, -0.05) is 19.0 Å². The predicted octanol–water partition coefficient (Wildman–Crippen LogP) is 2.97. The van der Waals surface area contributed by atoms with Crippen LogP contribution in [0.5, 0.6) is 0 Å². The van der Waals surface area contributed by atoms with Gasteiger partial charge in [-0.2, -0.15) is 18.2 Å². The minimum atomic E-state index is -4.11. The van der Waals surface area contributed by atoms with Crippen molar-refractivity contribution >= 4 is 0 Å². The van der Waals surface area contributed by atoms with Crippen LogP contribution >= 0.6 is 0 Å². The molecule has 1 fully saturated rings. The number of halogens is 3. The Morgan fingerprint density at radius 2 is 2.16 bits per heavy atom. The van der Waals surface area contributed by atoms with Crippen LogP contribution in [0.4, 0.5) is 13.2 Å². The van der Waals surface area contributed by atoms with Crippen LogP contribution in [0, 0.1) is 5.92 Å². The third-order valence-corrected chi connectivity index (χ3v) is 3.33. The summed E-state index contributed by atoms with van der Waals surface area (Å²) in [5, 5.41) is 3.81. The zero-order valence-electron chi connectivity index (χ0n) is 11.1. The van der Waals surface area contributed by atoms with Crippen molar-refractivity contribution in [2.45, 2.75) is 45.3 Å². The van der Waals surface area contributed by atoms with Crippen LogP contribution in [0.3, 0.4) is 0 Å². The molecule has 19 heavy (non-hydrogen) atoms. The minimum Gasteiger partial charge on any atom is -0.338 e. The van der Waals surface area contributed by atoms with E-state index in [1.807, 2.05) is 13.8 Å². The maximum absolute atomic E-state index is 12.7. The van der Waals surface area contributed by atoms with Crippen LogP contribution in [-0.4, -0.2) is 34.3 Å². The van der Waals surface area contributed by atoms with Crippen LogP contribution < -0.4 is 0 Å². The normalized spacial score (nSPS) is 22.1. The number of rotatable bonds is 3. The second-order valence-electron chi connectivity index (χ2n) is 5.32. The van der Waals surface area contributed by atoms with Crippen LogP contribution in [0.1, 0.15) is 44.3 Å². The molecule has 1 atom stereocenters. The van der Waals surface area contributed by atoms with E-state index in [2.05, 4.69) is 10.1 Å². The van der Waals surface area contributed by atoms with Gasteiger partial charge in [-0.15, -0.1) is 0 Å². The average Bonchev–Trinajstić information content (AvgIpc) is 2.77. The number of aromatic nitrogens is 2. The van der Waals surface area contributed by atoms with Gasteiger partial charge in [0.15, 0.2) is 5.82 Å². The Morgan fingerprint density at radius 1 is 1.42 bits per heavy atom. The van der Waals surface area contributed by atoms with E-state index in [9.17, 15) is 13.2 Å². The summed E-state index contributed by atoms with van der Waals surface area (Å²) in [6.45, 7) is 4.84. The van der Waals surface area contributed by atoms with Gasteiger partial charge in [0.1, 0.15) is 0 Å². The van der Waals surface area contributed by atoms with E-state index in [0.29, 0.717) is 31.2 Å². The molecule has 1 aliphatic heterocycles. The fourth-order valence-electron chi connectivity index (χ4n) is 2.22. The number of piperidine rings is 1. The lowest BCUT2D eigenvalue weighted by molar-refractivity contribution is -0.187. The number of hydrogen-bond donors (Lipinski definition) is 0. The quantitative estimate of drug-likeness (QED) is 0.852. The number of hydrogen-bond acceptors (Lipinski definition) is 4. The molecule has 4 nitrogen and oxygen atoms in total. The van der Waals surface area contributed by atoms with Crippen molar-refractivity contribution in [1.29, 1.82) is 0 Å². The second-order valence-corrected chi connectivity index (χ2v) is 5.32. The number of likely N-dealkylation sites (tertiary alicyclic amines) is 1. The Labute approximate surface area is 110 Å². The Bertz CT molecular complexity index is 417. The average molecular weight is 277 g/mol. The summed E-state index contributed by atoms with van der Waals surface area (Å²) in [6.07, 6.45) is -3.35. The van der Waals surface area contributed by atoms with Crippen molar-refractivity contribution in [2.75, 3.05) is 13.1 Å². The van der Waals surface area contributed by atoms with Gasteiger partial charge in [-0.25, -0.2) is 0 Å². The molecule has 108 valence electrons. The van der Waals surface area contributed by atoms with Gasteiger partial charge < -0.3 is 4.52 Å². The van der Waals surface area contributed by atoms with Crippen molar-refractivity contribution in [1.82, 2.24) is 15.0 Å². The van der Waals surface area contributed by atoms with E-state index in [1.165, 1.54) is 0 Å². The molecule has 0 aromatic carbocycles. The van der Waals surface area contributed by atoms with Gasteiger partial charge in [-0.3, -0.25) is 4.90 Å². The Morgan fingerprint density at radius 3 is 2.74 bits per heavy atom. The molecule has 0 N–H and O–H groups in total. The lowest BCUT2D eigenvalue weighted by Crippen LogP contribution is -2.41. The minimum absolute atomic E-state index is 0.0168. The largest absolute Gasteiger partial charge is 0.393 e. The molecule has 2 rings (SSSR count). The van der Waals surface area contributed by atoms with Crippen molar-refractivity contribution in [3.8, 4) is 0 Å². The molecule has 1 aromatic heterocycles. The SMILES string of the molecule is CC(C)c1noc(CN2CCCC(C(F)(F)F)C2)n1. The Balaban J connectivity index is 1.95. The highest BCUT2D eigenvalue weighted by molar-refractivity contribution is 4.92. The fourth-order valence-corrected chi connectivity index (χ4v) is 2.22. The van der Waals surface area contributed by atoms with Gasteiger partial charge in [0.25, 0.3) is 0 Å². The van der Waals surface area contributed by atoms with Crippen molar-refractivity contribution in [2.24, 2.45) is 5.92 Å². The van der Waals surface area contributed by atoms with Crippen molar-refractivity contribution in [3.63, 3.8) is 0 Å². The van der Waals surface area contributed by atoms with Gasteiger partial charge in [-0.05, 0) is 19.4 Å². The van der Waals surface area contributed by atoms with Gasteiger partial charge in [0.05, 0.1) is 12.5 Å². The standard InChI is InChI=1S/C12H18F3N3O/c1-8(2)11-16-10(19-17-11)7-18-5-3-4-9(6-18)12(13,14)15/h8-9H,3-7H2,1-2H3. The van der Waals surface area contributed by atoms with E-state index in [-0.39, 0.29) is 18.9 Å². The lowest BCUT2D eigenvalue weighted by Gasteiger charge is -2.32. The molecule has 0 spiro atoms. The third kappa shape index (κ3) is 3.68. The van der Waals surface area contributed by atoms with E-state index in [1.54, 1.807) is 4.90 Å². The molecule has 1 saturated heterocycles. The molecule has 0 saturated carbocycles. The highest BCUT2D eigenvalue weighted by Gasteiger charge is 2.41. The van der Waals surface area contributed by atoms with E-state index >= 15 is 0 Å². The third-order valence-electron chi connectivity index (χ3n) is 3.33. The van der Waals surface area contributed by atoms with E-state index < -0.39 is 12.1 Å². The maximum atomic E-state index is 12.7. The van der Waals surface area contributed by atoms with Crippen LogP contribution in [0.15, 0.2) is 4.52 Å². The second kappa shape index (κ2) is 5.48. The van der Waals surface area contributed by atoms with Crippen molar-refractivity contribution < 1.29 is 17.7 Å². The fraction of sp³-hybridized carbons (Fsp3) is 0.833. The molecular formula is C12H18F3N3O. The molecule has 2 heterocycles.